The molecule has 0 aliphatic rings. The number of nitrogens with zero attached hydrogens (tertiary/aromatic N) is 3. The van der Waals surface area contributed by atoms with E-state index in [0.29, 0.717) is 30.3 Å². The van der Waals surface area contributed by atoms with Gasteiger partial charge >= 0.3 is 6.09 Å². The number of anilines is 4. The summed E-state index contributed by atoms with van der Waals surface area (Å²) in [4.78, 5) is 26.4. The number of amides is 2. The lowest BCUT2D eigenvalue weighted by Gasteiger charge is -2.19. The highest BCUT2D eigenvalue weighted by Gasteiger charge is 2.16. The van der Waals surface area contributed by atoms with Gasteiger partial charge in [-0.3, -0.25) is 4.79 Å². The van der Waals surface area contributed by atoms with Crippen LogP contribution < -0.4 is 26.2 Å². The second-order valence-electron chi connectivity index (χ2n) is 9.05. The zero-order chi connectivity index (χ0) is 25.1. The van der Waals surface area contributed by atoms with Crippen molar-refractivity contribution < 1.29 is 14.3 Å². The minimum absolute atomic E-state index is 0.265. The molecule has 0 saturated carbocycles. The van der Waals surface area contributed by atoms with E-state index in [9.17, 15) is 9.59 Å². The monoisotopic (exact) mass is 471 g/mol. The first-order valence-electron chi connectivity index (χ1n) is 11.4. The summed E-state index contributed by atoms with van der Waals surface area (Å²) in [5.41, 5.74) is 1.65. The van der Waals surface area contributed by atoms with Gasteiger partial charge in [0.15, 0.2) is 11.6 Å². The van der Waals surface area contributed by atoms with E-state index in [2.05, 4.69) is 31.5 Å². The number of unbranched alkanes of at least 4 members (excludes halogenated alkanes) is 2. The van der Waals surface area contributed by atoms with Gasteiger partial charge in [0.2, 0.25) is 0 Å². The van der Waals surface area contributed by atoms with Crippen molar-refractivity contribution >= 4 is 35.0 Å². The maximum atomic E-state index is 12.9. The van der Waals surface area contributed by atoms with Crippen LogP contribution in [-0.2, 0) is 4.74 Å². The third kappa shape index (κ3) is 9.13. The maximum Gasteiger partial charge on any atom is 0.407 e. The Morgan fingerprint density at radius 1 is 1.00 bits per heavy atom. The van der Waals surface area contributed by atoms with E-state index in [4.69, 9.17) is 4.74 Å². The molecule has 4 N–H and O–H groups in total. The van der Waals surface area contributed by atoms with Gasteiger partial charge in [-0.2, -0.15) is 0 Å². The average Bonchev–Trinajstić information content (AvgIpc) is 2.77. The highest BCUT2D eigenvalue weighted by molar-refractivity contribution is 6.08. The van der Waals surface area contributed by atoms with E-state index in [1.54, 1.807) is 18.2 Å². The van der Waals surface area contributed by atoms with Crippen molar-refractivity contribution in [2.75, 3.05) is 55.1 Å². The van der Waals surface area contributed by atoms with E-state index in [-0.39, 0.29) is 5.91 Å². The number of hydrogen-bond donors (Lipinski definition) is 4. The molecule has 0 bridgehead atoms. The molecule has 0 atom stereocenters. The lowest BCUT2D eigenvalue weighted by atomic mass is 10.1. The Labute approximate surface area is 201 Å². The van der Waals surface area contributed by atoms with Crippen LogP contribution in [-0.4, -0.2) is 62.0 Å². The van der Waals surface area contributed by atoms with Crippen LogP contribution in [0.25, 0.3) is 0 Å². The number of hydrogen-bond acceptors (Lipinski definition) is 8. The summed E-state index contributed by atoms with van der Waals surface area (Å²) < 4.78 is 5.22. The molecular formula is C24H37N7O3. The Bertz CT molecular complexity index is 941. The molecule has 0 radical (unpaired) electrons. The summed E-state index contributed by atoms with van der Waals surface area (Å²) in [6, 6.07) is 9.04. The van der Waals surface area contributed by atoms with Gasteiger partial charge in [-0.1, -0.05) is 0 Å². The first kappa shape index (κ1) is 26.7. The Kier molecular flexibility index (Phi) is 9.91. The summed E-state index contributed by atoms with van der Waals surface area (Å²) in [6.45, 7) is 6.76. The predicted molar refractivity (Wildman–Crippen MR) is 137 cm³/mol. The number of carbonyl (C=O) groups is 2. The molecule has 10 heteroatoms. The highest BCUT2D eigenvalue weighted by atomic mass is 16.6. The molecule has 1 heterocycles. The summed E-state index contributed by atoms with van der Waals surface area (Å²) in [5.74, 6) is 0.829. The zero-order valence-electron chi connectivity index (χ0n) is 21.0. The van der Waals surface area contributed by atoms with Crippen molar-refractivity contribution in [1.29, 1.82) is 0 Å². The number of nitrogens with one attached hydrogen (secondary N) is 4. The number of benzene rings is 1. The third-order valence-electron chi connectivity index (χ3n) is 4.74. The number of rotatable bonds is 11. The number of aromatic nitrogens is 2. The number of alkyl carbamates (subject to hydrolysis) is 1. The van der Waals surface area contributed by atoms with Crippen molar-refractivity contribution in [2.45, 2.75) is 45.6 Å². The maximum absolute atomic E-state index is 12.9. The van der Waals surface area contributed by atoms with E-state index >= 15 is 0 Å². The Morgan fingerprint density at radius 3 is 2.35 bits per heavy atom. The van der Waals surface area contributed by atoms with E-state index < -0.39 is 11.7 Å². The van der Waals surface area contributed by atoms with Crippen molar-refractivity contribution in [3.8, 4) is 0 Å². The minimum atomic E-state index is -0.498. The summed E-state index contributed by atoms with van der Waals surface area (Å²) in [7, 11) is 5.58. The summed E-state index contributed by atoms with van der Waals surface area (Å²) in [6.07, 6.45) is 2.25. The van der Waals surface area contributed by atoms with Crippen LogP contribution in [0.4, 0.5) is 27.8 Å². The van der Waals surface area contributed by atoms with Gasteiger partial charge < -0.3 is 30.9 Å². The van der Waals surface area contributed by atoms with Gasteiger partial charge in [-0.25, -0.2) is 4.79 Å². The zero-order valence-corrected chi connectivity index (χ0v) is 21.0. The van der Waals surface area contributed by atoms with Crippen LogP contribution >= 0.6 is 0 Å². The van der Waals surface area contributed by atoms with Crippen LogP contribution in [0.15, 0.2) is 30.3 Å². The topological polar surface area (TPSA) is 121 Å². The highest BCUT2D eigenvalue weighted by Crippen LogP contribution is 2.22. The first-order chi connectivity index (χ1) is 16.1. The van der Waals surface area contributed by atoms with Crippen molar-refractivity contribution in [3.05, 3.63) is 35.9 Å². The van der Waals surface area contributed by atoms with Crippen LogP contribution in [0, 0.1) is 0 Å². The van der Waals surface area contributed by atoms with Gasteiger partial charge in [0.25, 0.3) is 5.91 Å². The molecule has 0 aliphatic carbocycles. The molecule has 10 nitrogen and oxygen atoms in total. The van der Waals surface area contributed by atoms with Crippen molar-refractivity contribution in [3.63, 3.8) is 0 Å². The predicted octanol–water partition coefficient (Wildman–Crippen LogP) is 3.94. The summed E-state index contributed by atoms with van der Waals surface area (Å²) in [5, 5.41) is 20.2. The molecule has 0 fully saturated rings. The number of ether oxygens (including phenoxy) is 1. The molecule has 1 aromatic carbocycles. The van der Waals surface area contributed by atoms with Crippen LogP contribution in [0.1, 0.15) is 50.4 Å². The number of carbonyl (C=O) groups excluding carboxylic acids is 2. The molecule has 34 heavy (non-hydrogen) atoms. The smallest absolute Gasteiger partial charge is 0.407 e. The molecule has 1 aromatic heterocycles. The van der Waals surface area contributed by atoms with Gasteiger partial charge in [-0.05, 0) is 70.4 Å². The van der Waals surface area contributed by atoms with E-state index in [1.165, 1.54) is 0 Å². The molecule has 0 saturated heterocycles. The van der Waals surface area contributed by atoms with Crippen LogP contribution in [0.3, 0.4) is 0 Å². The quantitative estimate of drug-likeness (QED) is 0.364. The SMILES string of the molecule is CNc1ccc(C(=O)Nc2ccc(N(C)C)nn2)c(NCCCCCNC(=O)OC(C)(C)C)c1. The van der Waals surface area contributed by atoms with E-state index in [1.807, 2.05) is 58.9 Å². The standard InChI is InChI=1S/C24H37N7O3/c1-24(2,3)34-23(33)27-15-9-7-8-14-26-19-16-17(25-4)10-11-18(19)22(32)28-20-12-13-21(30-29-20)31(5)6/h10-13,16,25-26H,7-9,14-15H2,1-6H3,(H,27,33)(H,28,29,32). The first-order valence-corrected chi connectivity index (χ1v) is 11.4. The largest absolute Gasteiger partial charge is 0.444 e. The average molecular weight is 472 g/mol. The Balaban J connectivity index is 1.86. The van der Waals surface area contributed by atoms with Gasteiger partial charge in [0.1, 0.15) is 5.60 Å². The molecule has 0 unspecified atom stereocenters. The fraction of sp³-hybridized carbons (Fsp3) is 0.500. The lowest BCUT2D eigenvalue weighted by molar-refractivity contribution is 0.0527. The second kappa shape index (κ2) is 12.6. The molecule has 0 aliphatic heterocycles. The fourth-order valence-electron chi connectivity index (χ4n) is 3.01. The minimum Gasteiger partial charge on any atom is -0.444 e. The van der Waals surface area contributed by atoms with Gasteiger partial charge in [-0.15, -0.1) is 10.2 Å². The summed E-state index contributed by atoms with van der Waals surface area (Å²) >= 11 is 0. The van der Waals surface area contributed by atoms with E-state index in [0.717, 1.165) is 30.6 Å². The van der Waals surface area contributed by atoms with Crippen molar-refractivity contribution in [2.24, 2.45) is 0 Å². The molecular weight excluding hydrogens is 434 g/mol. The Morgan fingerprint density at radius 2 is 1.74 bits per heavy atom. The van der Waals surface area contributed by atoms with Gasteiger partial charge in [0.05, 0.1) is 5.56 Å². The van der Waals surface area contributed by atoms with Crippen LogP contribution in [0.5, 0.6) is 0 Å². The Hall–Kier alpha value is -3.56. The molecule has 2 aromatic rings. The molecule has 2 amide bonds. The molecule has 2 rings (SSSR count). The van der Waals surface area contributed by atoms with Crippen LogP contribution in [0.2, 0.25) is 0 Å². The fourth-order valence-corrected chi connectivity index (χ4v) is 3.01. The van der Waals surface area contributed by atoms with Crippen molar-refractivity contribution in [1.82, 2.24) is 15.5 Å². The molecule has 0 spiro atoms. The second-order valence-corrected chi connectivity index (χ2v) is 9.05. The van der Waals surface area contributed by atoms with Gasteiger partial charge in [0, 0.05) is 45.6 Å². The molecule has 186 valence electrons. The normalized spacial score (nSPS) is 10.9. The lowest BCUT2D eigenvalue weighted by Crippen LogP contribution is -2.33. The third-order valence-corrected chi connectivity index (χ3v) is 4.74.